The lowest BCUT2D eigenvalue weighted by molar-refractivity contribution is 0.103. The monoisotopic (exact) mass is 323 g/mol. The molecule has 0 unspecified atom stereocenters. The fourth-order valence-electron chi connectivity index (χ4n) is 1.96. The second kappa shape index (κ2) is 5.99. The van der Waals surface area contributed by atoms with Crippen molar-refractivity contribution in [1.82, 2.24) is 0 Å². The van der Waals surface area contributed by atoms with E-state index in [1.807, 2.05) is 13.0 Å². The summed E-state index contributed by atoms with van der Waals surface area (Å²) in [5, 5.41) is 2.78. The first-order valence-corrected chi connectivity index (χ1v) is 9.23. The highest BCUT2D eigenvalue weighted by atomic mass is 32.2. The Balaban J connectivity index is 2.16. The molecule has 0 saturated carbocycles. The van der Waals surface area contributed by atoms with Crippen LogP contribution in [0.2, 0.25) is 0 Å². The Bertz CT molecular complexity index is 759. The van der Waals surface area contributed by atoms with Gasteiger partial charge in [0.25, 0.3) is 5.91 Å². The second-order valence-corrected chi connectivity index (χ2v) is 7.97. The molecule has 1 aromatic heterocycles. The highest BCUT2D eigenvalue weighted by Gasteiger charge is 2.12. The predicted molar refractivity (Wildman–Crippen MR) is 85.9 cm³/mol. The average Bonchev–Trinajstić information content (AvgIpc) is 2.79. The molecule has 4 nitrogen and oxygen atoms in total. The van der Waals surface area contributed by atoms with Gasteiger partial charge in [0.05, 0.1) is 9.77 Å². The third kappa shape index (κ3) is 3.71. The fourth-order valence-corrected chi connectivity index (χ4v) is 3.60. The molecular weight excluding hydrogens is 306 g/mol. The second-order valence-electron chi connectivity index (χ2n) is 4.82. The maximum absolute atomic E-state index is 12.2. The van der Waals surface area contributed by atoms with Gasteiger partial charge in [-0.1, -0.05) is 6.92 Å². The topological polar surface area (TPSA) is 63.2 Å². The summed E-state index contributed by atoms with van der Waals surface area (Å²) in [6.45, 7) is 4.05. The van der Waals surface area contributed by atoms with Crippen molar-refractivity contribution in [3.63, 3.8) is 0 Å². The van der Waals surface area contributed by atoms with E-state index in [1.165, 1.54) is 28.3 Å². The van der Waals surface area contributed by atoms with Gasteiger partial charge >= 0.3 is 0 Å². The van der Waals surface area contributed by atoms with Crippen LogP contribution < -0.4 is 5.32 Å². The van der Waals surface area contributed by atoms with E-state index in [2.05, 4.69) is 12.2 Å². The largest absolute Gasteiger partial charge is 0.321 e. The number of benzene rings is 1. The van der Waals surface area contributed by atoms with Crippen molar-refractivity contribution in [1.29, 1.82) is 0 Å². The van der Waals surface area contributed by atoms with Gasteiger partial charge in [-0.25, -0.2) is 8.42 Å². The SMILES string of the molecule is CCc1sc(C(=O)Nc2ccc(S(C)(=O)=O)cc2)cc1C. The summed E-state index contributed by atoms with van der Waals surface area (Å²) in [7, 11) is -3.22. The van der Waals surface area contributed by atoms with E-state index in [-0.39, 0.29) is 10.8 Å². The number of hydrogen-bond donors (Lipinski definition) is 1. The standard InChI is InChI=1S/C15H17NO3S2/c1-4-13-10(2)9-14(20-13)15(17)16-11-5-7-12(8-6-11)21(3,18)19/h5-9H,4H2,1-3H3,(H,16,17). The minimum Gasteiger partial charge on any atom is -0.321 e. The molecule has 0 saturated heterocycles. The van der Waals surface area contributed by atoms with Crippen molar-refractivity contribution in [2.24, 2.45) is 0 Å². The lowest BCUT2D eigenvalue weighted by atomic mass is 10.2. The third-order valence-electron chi connectivity index (χ3n) is 3.11. The van der Waals surface area contributed by atoms with E-state index < -0.39 is 9.84 Å². The van der Waals surface area contributed by atoms with Crippen LogP contribution in [0, 0.1) is 6.92 Å². The Kier molecular flexibility index (Phi) is 4.49. The van der Waals surface area contributed by atoms with E-state index in [0.29, 0.717) is 10.6 Å². The van der Waals surface area contributed by atoms with Crippen LogP contribution in [0.5, 0.6) is 0 Å². The average molecular weight is 323 g/mol. The van der Waals surface area contributed by atoms with E-state index in [4.69, 9.17) is 0 Å². The Morgan fingerprint density at radius 2 is 1.86 bits per heavy atom. The van der Waals surface area contributed by atoms with E-state index in [0.717, 1.165) is 18.2 Å². The number of thiophene rings is 1. The van der Waals surface area contributed by atoms with Crippen LogP contribution in [-0.4, -0.2) is 20.6 Å². The van der Waals surface area contributed by atoms with Gasteiger partial charge in [-0.2, -0.15) is 0 Å². The minimum absolute atomic E-state index is 0.171. The van der Waals surface area contributed by atoms with Gasteiger partial charge in [-0.3, -0.25) is 4.79 Å². The summed E-state index contributed by atoms with van der Waals surface area (Å²) in [6, 6.07) is 8.04. The number of nitrogens with one attached hydrogen (secondary N) is 1. The number of amides is 1. The molecule has 1 heterocycles. The van der Waals surface area contributed by atoms with Crippen LogP contribution in [0.3, 0.4) is 0 Å². The summed E-state index contributed by atoms with van der Waals surface area (Å²) < 4.78 is 22.8. The Morgan fingerprint density at radius 1 is 1.24 bits per heavy atom. The van der Waals surface area contributed by atoms with Gasteiger partial charge in [-0.15, -0.1) is 11.3 Å². The van der Waals surface area contributed by atoms with Crippen LogP contribution in [0.4, 0.5) is 5.69 Å². The molecule has 0 radical (unpaired) electrons. The molecule has 0 bridgehead atoms. The molecule has 0 atom stereocenters. The van der Waals surface area contributed by atoms with Crippen molar-refractivity contribution >= 4 is 32.8 Å². The normalized spacial score (nSPS) is 11.4. The molecule has 1 amide bonds. The number of rotatable bonds is 4. The van der Waals surface area contributed by atoms with Crippen LogP contribution in [0.25, 0.3) is 0 Å². The molecule has 21 heavy (non-hydrogen) atoms. The first kappa shape index (κ1) is 15.7. The first-order chi connectivity index (χ1) is 9.81. The number of aryl methyl sites for hydroxylation is 2. The number of anilines is 1. The Labute approximate surface area is 128 Å². The summed E-state index contributed by atoms with van der Waals surface area (Å²) in [4.78, 5) is 14.3. The third-order valence-corrected chi connectivity index (χ3v) is 5.61. The number of sulfone groups is 1. The molecule has 0 spiro atoms. The van der Waals surface area contributed by atoms with Crippen molar-refractivity contribution in [3.8, 4) is 0 Å². The summed E-state index contributed by atoms with van der Waals surface area (Å²) >= 11 is 1.49. The van der Waals surface area contributed by atoms with E-state index >= 15 is 0 Å². The molecule has 1 aromatic carbocycles. The van der Waals surface area contributed by atoms with Gasteiger partial charge < -0.3 is 5.32 Å². The molecule has 2 rings (SSSR count). The number of carbonyl (C=O) groups is 1. The zero-order valence-corrected chi connectivity index (χ0v) is 13.8. The zero-order chi connectivity index (χ0) is 15.6. The quantitative estimate of drug-likeness (QED) is 0.939. The highest BCUT2D eigenvalue weighted by Crippen LogP contribution is 2.23. The summed E-state index contributed by atoms with van der Waals surface area (Å²) in [5.41, 5.74) is 1.71. The Morgan fingerprint density at radius 3 is 2.33 bits per heavy atom. The van der Waals surface area contributed by atoms with Crippen molar-refractivity contribution in [3.05, 3.63) is 45.6 Å². The lowest BCUT2D eigenvalue weighted by Gasteiger charge is -2.04. The van der Waals surface area contributed by atoms with Crippen LogP contribution in [0.1, 0.15) is 27.0 Å². The van der Waals surface area contributed by atoms with Gasteiger partial charge in [0, 0.05) is 16.8 Å². The van der Waals surface area contributed by atoms with Gasteiger partial charge in [0.1, 0.15) is 0 Å². The smallest absolute Gasteiger partial charge is 0.265 e. The van der Waals surface area contributed by atoms with Crippen LogP contribution in [0.15, 0.2) is 35.2 Å². The molecule has 1 N–H and O–H groups in total. The lowest BCUT2D eigenvalue weighted by Crippen LogP contribution is -2.10. The van der Waals surface area contributed by atoms with Crippen LogP contribution >= 0.6 is 11.3 Å². The molecular formula is C15H17NO3S2. The molecule has 0 aliphatic heterocycles. The maximum atomic E-state index is 12.2. The molecule has 0 aliphatic carbocycles. The summed E-state index contributed by atoms with van der Waals surface area (Å²) in [5.74, 6) is -0.171. The molecule has 2 aromatic rings. The molecule has 0 aliphatic rings. The number of hydrogen-bond acceptors (Lipinski definition) is 4. The number of carbonyl (C=O) groups excluding carboxylic acids is 1. The van der Waals surface area contributed by atoms with Gasteiger partial charge in [-0.05, 0) is 49.2 Å². The van der Waals surface area contributed by atoms with Crippen LogP contribution in [-0.2, 0) is 16.3 Å². The summed E-state index contributed by atoms with van der Waals surface area (Å²) in [6.07, 6.45) is 2.06. The van der Waals surface area contributed by atoms with Gasteiger partial charge in [0.2, 0.25) is 0 Å². The molecule has 0 fully saturated rings. The van der Waals surface area contributed by atoms with E-state index in [1.54, 1.807) is 12.1 Å². The van der Waals surface area contributed by atoms with Crippen molar-refractivity contribution in [2.75, 3.05) is 11.6 Å². The zero-order valence-electron chi connectivity index (χ0n) is 12.1. The fraction of sp³-hybridized carbons (Fsp3) is 0.267. The van der Waals surface area contributed by atoms with Crippen molar-refractivity contribution in [2.45, 2.75) is 25.2 Å². The Hall–Kier alpha value is -1.66. The predicted octanol–water partition coefficient (Wildman–Crippen LogP) is 3.27. The van der Waals surface area contributed by atoms with E-state index in [9.17, 15) is 13.2 Å². The molecule has 6 heteroatoms. The minimum atomic E-state index is -3.22. The highest BCUT2D eigenvalue weighted by molar-refractivity contribution is 7.90. The first-order valence-electron chi connectivity index (χ1n) is 6.52. The van der Waals surface area contributed by atoms with Gasteiger partial charge in [0.15, 0.2) is 9.84 Å². The van der Waals surface area contributed by atoms with Crippen molar-refractivity contribution < 1.29 is 13.2 Å². The molecule has 112 valence electrons. The maximum Gasteiger partial charge on any atom is 0.265 e.